The van der Waals surface area contributed by atoms with E-state index in [1.54, 1.807) is 11.8 Å². The lowest BCUT2D eigenvalue weighted by atomic mass is 10.5. The average molecular weight is 337 g/mol. The molecule has 0 aromatic carbocycles. The fourth-order valence-electron chi connectivity index (χ4n) is 1.18. The van der Waals surface area contributed by atoms with E-state index < -0.39 is 0 Å². The lowest BCUT2D eigenvalue weighted by Crippen LogP contribution is -2.25. The molecule has 0 bridgehead atoms. The first-order valence-electron chi connectivity index (χ1n) is 5.09. The van der Waals surface area contributed by atoms with Crippen LogP contribution in [-0.4, -0.2) is 40.3 Å². The summed E-state index contributed by atoms with van der Waals surface area (Å²) < 4.78 is 1.08. The normalized spacial score (nSPS) is 10.9. The molecule has 0 atom stereocenters. The van der Waals surface area contributed by atoms with Crippen molar-refractivity contribution in [1.82, 2.24) is 14.9 Å². The molecule has 0 amide bonds. The summed E-state index contributed by atoms with van der Waals surface area (Å²) in [5.41, 5.74) is 0. The molecule has 0 spiro atoms. The van der Waals surface area contributed by atoms with Gasteiger partial charge >= 0.3 is 0 Å². The molecule has 0 aliphatic carbocycles. The monoisotopic (exact) mass is 337 g/mol. The molecule has 84 valence electrons. The Bertz CT molecular complexity index is 275. The van der Waals surface area contributed by atoms with Gasteiger partial charge in [-0.1, -0.05) is 25.6 Å². The van der Waals surface area contributed by atoms with Crippen LogP contribution >= 0.6 is 34.4 Å². The molecule has 0 saturated heterocycles. The van der Waals surface area contributed by atoms with E-state index in [1.165, 1.54) is 0 Å². The number of thioether (sulfide) groups is 1. The van der Waals surface area contributed by atoms with Gasteiger partial charge in [-0.05, 0) is 35.7 Å². The van der Waals surface area contributed by atoms with Gasteiger partial charge in [0.15, 0.2) is 5.16 Å². The minimum Gasteiger partial charge on any atom is -0.303 e. The maximum absolute atomic E-state index is 4.25. The van der Waals surface area contributed by atoms with Crippen molar-refractivity contribution in [2.45, 2.75) is 19.0 Å². The highest BCUT2D eigenvalue weighted by molar-refractivity contribution is 14.1. The third-order valence-corrected chi connectivity index (χ3v) is 3.54. The van der Waals surface area contributed by atoms with E-state index in [-0.39, 0.29) is 0 Å². The Labute approximate surface area is 109 Å². The zero-order valence-corrected chi connectivity index (χ0v) is 12.1. The fourth-order valence-corrected chi connectivity index (χ4v) is 2.25. The molecule has 1 aromatic heterocycles. The number of halogens is 1. The van der Waals surface area contributed by atoms with E-state index in [0.29, 0.717) is 0 Å². The first kappa shape index (κ1) is 13.2. The molecular formula is C10H16IN3S. The number of aromatic nitrogens is 2. The molecule has 0 aliphatic heterocycles. The molecule has 0 fully saturated rings. The van der Waals surface area contributed by atoms with Crippen LogP contribution < -0.4 is 0 Å². The largest absolute Gasteiger partial charge is 0.303 e. The SMILES string of the molecule is CCN(CC)CCSc1ncc(I)cn1. The lowest BCUT2D eigenvalue weighted by Gasteiger charge is -2.16. The zero-order valence-electron chi connectivity index (χ0n) is 9.11. The molecule has 1 aromatic rings. The summed E-state index contributed by atoms with van der Waals surface area (Å²) in [5.74, 6) is 1.06. The third kappa shape index (κ3) is 5.12. The number of hydrogen-bond donors (Lipinski definition) is 0. The summed E-state index contributed by atoms with van der Waals surface area (Å²) in [6.07, 6.45) is 3.71. The first-order chi connectivity index (χ1) is 7.26. The summed E-state index contributed by atoms with van der Waals surface area (Å²) in [6.45, 7) is 7.72. The van der Waals surface area contributed by atoms with Crippen molar-refractivity contribution < 1.29 is 0 Å². The van der Waals surface area contributed by atoms with Crippen molar-refractivity contribution in [3.8, 4) is 0 Å². The Morgan fingerprint density at radius 3 is 2.40 bits per heavy atom. The van der Waals surface area contributed by atoms with E-state index >= 15 is 0 Å². The van der Waals surface area contributed by atoms with E-state index in [4.69, 9.17) is 0 Å². The van der Waals surface area contributed by atoms with E-state index in [2.05, 4.69) is 51.3 Å². The molecule has 1 rings (SSSR count). The minimum absolute atomic E-state index is 0.877. The summed E-state index contributed by atoms with van der Waals surface area (Å²) in [6, 6.07) is 0. The second kappa shape index (κ2) is 7.40. The van der Waals surface area contributed by atoms with Crippen molar-refractivity contribution in [3.63, 3.8) is 0 Å². The first-order valence-corrected chi connectivity index (χ1v) is 7.15. The lowest BCUT2D eigenvalue weighted by molar-refractivity contribution is 0.324. The van der Waals surface area contributed by atoms with E-state index in [0.717, 1.165) is 34.1 Å². The van der Waals surface area contributed by atoms with Gasteiger partial charge in [-0.15, -0.1) is 0 Å². The molecule has 0 N–H and O–H groups in total. The maximum atomic E-state index is 4.25. The average Bonchev–Trinajstić information content (AvgIpc) is 2.27. The van der Waals surface area contributed by atoms with Crippen molar-refractivity contribution in [2.24, 2.45) is 0 Å². The number of nitrogens with zero attached hydrogens (tertiary/aromatic N) is 3. The van der Waals surface area contributed by atoms with Crippen LogP contribution in [0.1, 0.15) is 13.8 Å². The smallest absolute Gasteiger partial charge is 0.187 e. The Hall–Kier alpha value is 0.120. The number of rotatable bonds is 6. The van der Waals surface area contributed by atoms with Crippen LogP contribution in [0.3, 0.4) is 0 Å². The van der Waals surface area contributed by atoms with Gasteiger partial charge < -0.3 is 4.90 Å². The molecule has 15 heavy (non-hydrogen) atoms. The third-order valence-electron chi connectivity index (χ3n) is 2.13. The van der Waals surface area contributed by atoms with E-state index in [1.807, 2.05) is 12.4 Å². The standard InChI is InChI=1S/C10H16IN3S/c1-3-14(4-2)5-6-15-10-12-7-9(11)8-13-10/h7-8H,3-6H2,1-2H3. The predicted octanol–water partition coefficient (Wildman–Crippen LogP) is 2.52. The van der Waals surface area contributed by atoms with Gasteiger partial charge in [-0.3, -0.25) is 0 Å². The highest BCUT2D eigenvalue weighted by atomic mass is 127. The summed E-state index contributed by atoms with van der Waals surface area (Å²) in [4.78, 5) is 10.9. The van der Waals surface area contributed by atoms with Gasteiger partial charge in [-0.2, -0.15) is 0 Å². The van der Waals surface area contributed by atoms with Crippen molar-refractivity contribution in [3.05, 3.63) is 16.0 Å². The van der Waals surface area contributed by atoms with Crippen molar-refractivity contribution >= 4 is 34.4 Å². The summed E-state index contributed by atoms with van der Waals surface area (Å²) in [5, 5.41) is 0.877. The molecule has 0 radical (unpaired) electrons. The predicted molar refractivity (Wildman–Crippen MR) is 73.3 cm³/mol. The highest BCUT2D eigenvalue weighted by Gasteiger charge is 2.01. The molecule has 3 nitrogen and oxygen atoms in total. The van der Waals surface area contributed by atoms with Crippen LogP contribution in [0.15, 0.2) is 17.6 Å². The van der Waals surface area contributed by atoms with Gasteiger partial charge in [0.05, 0.1) is 0 Å². The van der Waals surface area contributed by atoms with Crippen molar-refractivity contribution in [1.29, 1.82) is 0 Å². The van der Waals surface area contributed by atoms with Gasteiger partial charge in [0.2, 0.25) is 0 Å². The van der Waals surface area contributed by atoms with Crippen LogP contribution in [0, 0.1) is 3.57 Å². The molecule has 5 heteroatoms. The topological polar surface area (TPSA) is 29.0 Å². The Balaban J connectivity index is 2.28. The molecule has 0 unspecified atom stereocenters. The van der Waals surface area contributed by atoms with Gasteiger partial charge in [0, 0.05) is 28.3 Å². The molecule has 1 heterocycles. The highest BCUT2D eigenvalue weighted by Crippen LogP contribution is 2.12. The maximum Gasteiger partial charge on any atom is 0.187 e. The van der Waals surface area contributed by atoms with Crippen molar-refractivity contribution in [2.75, 3.05) is 25.4 Å². The summed E-state index contributed by atoms with van der Waals surface area (Å²) in [7, 11) is 0. The van der Waals surface area contributed by atoms with Crippen LogP contribution in [0.2, 0.25) is 0 Å². The Morgan fingerprint density at radius 2 is 1.87 bits per heavy atom. The fraction of sp³-hybridized carbons (Fsp3) is 0.600. The van der Waals surface area contributed by atoms with Crippen LogP contribution in [0.4, 0.5) is 0 Å². The molecule has 0 saturated carbocycles. The quantitative estimate of drug-likeness (QED) is 0.453. The van der Waals surface area contributed by atoms with Gasteiger partial charge in [0.1, 0.15) is 0 Å². The zero-order chi connectivity index (χ0) is 11.1. The Morgan fingerprint density at radius 1 is 1.27 bits per heavy atom. The minimum atomic E-state index is 0.877. The molecular weight excluding hydrogens is 321 g/mol. The second-order valence-electron chi connectivity index (χ2n) is 3.06. The van der Waals surface area contributed by atoms with Gasteiger partial charge in [0.25, 0.3) is 0 Å². The summed E-state index contributed by atoms with van der Waals surface area (Å²) >= 11 is 3.94. The van der Waals surface area contributed by atoms with Crippen LogP contribution in [0.5, 0.6) is 0 Å². The van der Waals surface area contributed by atoms with Gasteiger partial charge in [-0.25, -0.2) is 9.97 Å². The molecule has 0 aliphatic rings. The Kier molecular flexibility index (Phi) is 6.51. The second-order valence-corrected chi connectivity index (χ2v) is 5.37. The number of hydrogen-bond acceptors (Lipinski definition) is 4. The van der Waals surface area contributed by atoms with Crippen LogP contribution in [0.25, 0.3) is 0 Å². The van der Waals surface area contributed by atoms with Crippen LogP contribution in [-0.2, 0) is 0 Å². The van der Waals surface area contributed by atoms with E-state index in [9.17, 15) is 0 Å².